The minimum atomic E-state index is -0.510. The average Bonchev–Trinajstić information content (AvgIpc) is 2.74. The number of para-hydroxylation sites is 1. The smallest absolute Gasteiger partial charge is 0.323 e. The largest absolute Gasteiger partial charge is 0.507 e. The van der Waals surface area contributed by atoms with E-state index >= 15 is 0 Å². The third-order valence-corrected chi connectivity index (χ3v) is 4.39. The van der Waals surface area contributed by atoms with Gasteiger partial charge in [-0.25, -0.2) is 10.2 Å². The van der Waals surface area contributed by atoms with Gasteiger partial charge in [0.25, 0.3) is 5.91 Å². The van der Waals surface area contributed by atoms with E-state index in [1.807, 2.05) is 0 Å². The summed E-state index contributed by atoms with van der Waals surface area (Å²) in [7, 11) is 0. The summed E-state index contributed by atoms with van der Waals surface area (Å²) in [6.45, 7) is 1.74. The van der Waals surface area contributed by atoms with E-state index in [4.69, 9.17) is 11.6 Å². The van der Waals surface area contributed by atoms with Crippen molar-refractivity contribution in [3.05, 3.63) is 88.9 Å². The van der Waals surface area contributed by atoms with Gasteiger partial charge in [0.2, 0.25) is 0 Å². The van der Waals surface area contributed by atoms with E-state index in [0.29, 0.717) is 22.1 Å². The highest BCUT2D eigenvalue weighted by molar-refractivity contribution is 6.30. The number of phenolic OH excluding ortho intramolecular Hbond substituents is 1. The molecule has 3 rings (SSSR count). The van der Waals surface area contributed by atoms with Gasteiger partial charge in [-0.05, 0) is 61.0 Å². The first-order valence-corrected chi connectivity index (χ1v) is 9.37. The van der Waals surface area contributed by atoms with Crippen LogP contribution in [0.1, 0.15) is 22.8 Å². The van der Waals surface area contributed by atoms with Crippen LogP contribution in [0.15, 0.2) is 77.9 Å². The highest BCUT2D eigenvalue weighted by atomic mass is 35.5. The summed E-state index contributed by atoms with van der Waals surface area (Å²) < 4.78 is 0. The number of hydrogen-bond acceptors (Lipinski definition) is 4. The molecule has 0 radical (unpaired) electrons. The van der Waals surface area contributed by atoms with E-state index in [1.54, 1.807) is 67.6 Å². The van der Waals surface area contributed by atoms with Crippen LogP contribution in [0.2, 0.25) is 5.02 Å². The highest BCUT2D eigenvalue weighted by Crippen LogP contribution is 2.16. The fourth-order valence-electron chi connectivity index (χ4n) is 2.55. The number of nitrogens with zero attached hydrogens (tertiary/aromatic N) is 1. The van der Waals surface area contributed by atoms with E-state index in [9.17, 15) is 14.7 Å². The SMILES string of the molecule is C/C(=N/NC(=O)c1ccccc1O)c1ccc(NC(=O)Nc2ccc(Cl)cc2)cc1. The van der Waals surface area contributed by atoms with Gasteiger partial charge in [0.15, 0.2) is 0 Å². The molecule has 3 aromatic carbocycles. The molecule has 0 aromatic heterocycles. The third kappa shape index (κ3) is 5.59. The maximum atomic E-state index is 12.1. The van der Waals surface area contributed by atoms with Crippen molar-refractivity contribution in [2.24, 2.45) is 5.10 Å². The Morgan fingerprint density at radius 2 is 1.43 bits per heavy atom. The second-order valence-corrected chi connectivity index (χ2v) is 6.76. The zero-order chi connectivity index (χ0) is 21.5. The van der Waals surface area contributed by atoms with E-state index in [0.717, 1.165) is 5.56 Å². The van der Waals surface area contributed by atoms with E-state index in [2.05, 4.69) is 21.2 Å². The number of halogens is 1. The predicted molar refractivity (Wildman–Crippen MR) is 118 cm³/mol. The maximum Gasteiger partial charge on any atom is 0.323 e. The number of carbonyl (C=O) groups is 2. The molecule has 0 aliphatic rings. The molecule has 0 fully saturated rings. The summed E-state index contributed by atoms with van der Waals surface area (Å²) >= 11 is 5.82. The predicted octanol–water partition coefficient (Wildman–Crippen LogP) is 4.84. The number of hydrazone groups is 1. The monoisotopic (exact) mass is 422 g/mol. The second kappa shape index (κ2) is 9.58. The van der Waals surface area contributed by atoms with Crippen molar-refractivity contribution in [2.45, 2.75) is 6.92 Å². The van der Waals surface area contributed by atoms with Crippen LogP contribution in [-0.2, 0) is 0 Å². The zero-order valence-electron chi connectivity index (χ0n) is 16.0. The van der Waals surface area contributed by atoms with Crippen molar-refractivity contribution in [1.29, 1.82) is 0 Å². The van der Waals surface area contributed by atoms with Gasteiger partial charge < -0.3 is 15.7 Å². The first kappa shape index (κ1) is 20.9. The molecule has 0 unspecified atom stereocenters. The lowest BCUT2D eigenvalue weighted by molar-refractivity contribution is 0.0952. The molecular weight excluding hydrogens is 404 g/mol. The van der Waals surface area contributed by atoms with Gasteiger partial charge in [0.05, 0.1) is 11.3 Å². The molecule has 0 saturated carbocycles. The molecule has 8 heteroatoms. The highest BCUT2D eigenvalue weighted by Gasteiger charge is 2.09. The maximum absolute atomic E-state index is 12.1. The van der Waals surface area contributed by atoms with Crippen molar-refractivity contribution in [3.8, 4) is 5.75 Å². The number of anilines is 2. The van der Waals surface area contributed by atoms with Crippen molar-refractivity contribution in [3.63, 3.8) is 0 Å². The molecule has 0 bridgehead atoms. The first-order valence-electron chi connectivity index (χ1n) is 8.99. The Morgan fingerprint density at radius 1 is 0.867 bits per heavy atom. The van der Waals surface area contributed by atoms with Crippen molar-refractivity contribution < 1.29 is 14.7 Å². The molecule has 0 spiro atoms. The molecular formula is C22H19ClN4O3. The topological polar surface area (TPSA) is 103 Å². The van der Waals surface area contributed by atoms with E-state index in [1.165, 1.54) is 12.1 Å². The molecule has 0 saturated heterocycles. The Morgan fingerprint density at radius 3 is 2.03 bits per heavy atom. The number of carbonyl (C=O) groups excluding carboxylic acids is 2. The Labute approximate surface area is 178 Å². The summed E-state index contributed by atoms with van der Waals surface area (Å²) in [5, 5.41) is 19.8. The number of aromatic hydroxyl groups is 1. The number of rotatable bonds is 5. The normalized spacial score (nSPS) is 10.9. The molecule has 4 N–H and O–H groups in total. The first-order chi connectivity index (χ1) is 14.4. The van der Waals surface area contributed by atoms with Crippen molar-refractivity contribution >= 4 is 40.6 Å². The van der Waals surface area contributed by atoms with Gasteiger partial charge in [-0.15, -0.1) is 0 Å². The van der Waals surface area contributed by atoms with Crippen molar-refractivity contribution in [2.75, 3.05) is 10.6 Å². The average molecular weight is 423 g/mol. The van der Waals surface area contributed by atoms with Crippen LogP contribution < -0.4 is 16.1 Å². The minimum absolute atomic E-state index is 0.116. The summed E-state index contributed by atoms with van der Waals surface area (Å²) in [6, 6.07) is 19.6. The van der Waals surface area contributed by atoms with Gasteiger partial charge in [0.1, 0.15) is 5.75 Å². The Kier molecular flexibility index (Phi) is 6.67. The third-order valence-electron chi connectivity index (χ3n) is 4.14. The Bertz CT molecular complexity index is 1080. The van der Waals surface area contributed by atoms with Crippen molar-refractivity contribution in [1.82, 2.24) is 5.43 Å². The van der Waals surface area contributed by atoms with E-state index < -0.39 is 5.91 Å². The molecule has 0 atom stereocenters. The van der Waals surface area contributed by atoms with Gasteiger partial charge >= 0.3 is 6.03 Å². The fraction of sp³-hybridized carbons (Fsp3) is 0.0455. The molecule has 152 valence electrons. The molecule has 30 heavy (non-hydrogen) atoms. The number of hydrogen-bond donors (Lipinski definition) is 4. The van der Waals surface area contributed by atoms with Gasteiger partial charge in [-0.2, -0.15) is 5.10 Å². The molecule has 3 amide bonds. The molecule has 0 heterocycles. The lowest BCUT2D eigenvalue weighted by Crippen LogP contribution is -2.20. The second-order valence-electron chi connectivity index (χ2n) is 6.32. The minimum Gasteiger partial charge on any atom is -0.507 e. The van der Waals surface area contributed by atoms with E-state index in [-0.39, 0.29) is 17.3 Å². The lowest BCUT2D eigenvalue weighted by Gasteiger charge is -2.09. The number of benzene rings is 3. The van der Waals surface area contributed by atoms with Crippen LogP contribution >= 0.6 is 11.6 Å². The van der Waals surface area contributed by atoms with Crippen LogP contribution in [-0.4, -0.2) is 22.8 Å². The Hall–Kier alpha value is -3.84. The van der Waals surface area contributed by atoms with Crippen LogP contribution in [0.4, 0.5) is 16.2 Å². The number of urea groups is 1. The lowest BCUT2D eigenvalue weighted by atomic mass is 10.1. The van der Waals surface area contributed by atoms with Crippen LogP contribution in [0, 0.1) is 0 Å². The quantitative estimate of drug-likeness (QED) is 0.349. The Balaban J connectivity index is 1.58. The van der Waals surface area contributed by atoms with Crippen LogP contribution in [0.25, 0.3) is 0 Å². The summed E-state index contributed by atoms with van der Waals surface area (Å²) in [5.41, 5.74) is 5.10. The fourth-order valence-corrected chi connectivity index (χ4v) is 2.67. The van der Waals surface area contributed by atoms with Crippen LogP contribution in [0.3, 0.4) is 0 Å². The summed E-state index contributed by atoms with van der Waals surface area (Å²) in [6.07, 6.45) is 0. The summed E-state index contributed by atoms with van der Waals surface area (Å²) in [4.78, 5) is 24.2. The molecule has 3 aromatic rings. The zero-order valence-corrected chi connectivity index (χ0v) is 16.8. The number of phenols is 1. The number of nitrogens with one attached hydrogen (secondary N) is 3. The molecule has 0 aliphatic heterocycles. The van der Waals surface area contributed by atoms with Gasteiger partial charge in [-0.1, -0.05) is 35.9 Å². The molecule has 0 aliphatic carbocycles. The van der Waals surface area contributed by atoms with Gasteiger partial charge in [-0.3, -0.25) is 4.79 Å². The van der Waals surface area contributed by atoms with Crippen LogP contribution in [0.5, 0.6) is 5.75 Å². The number of amides is 3. The standard InChI is InChI=1S/C22H19ClN4O3/c1-14(26-27-21(29)19-4-2-3-5-20(19)28)15-6-10-17(11-7-15)24-22(30)25-18-12-8-16(23)9-13-18/h2-13,28H,1H3,(H,27,29)(H2,24,25,30)/b26-14-. The molecule has 7 nitrogen and oxygen atoms in total. The van der Waals surface area contributed by atoms with Gasteiger partial charge in [0, 0.05) is 16.4 Å². The summed E-state index contributed by atoms with van der Waals surface area (Å²) in [5.74, 6) is -0.625.